The third kappa shape index (κ3) is 5.09. The van der Waals surface area contributed by atoms with Gasteiger partial charge in [-0.2, -0.15) is 5.26 Å². The number of para-hydroxylation sites is 1. The summed E-state index contributed by atoms with van der Waals surface area (Å²) in [7, 11) is 0. The van der Waals surface area contributed by atoms with E-state index in [9.17, 15) is 5.26 Å². The second-order valence-corrected chi connectivity index (χ2v) is 11.4. The topological polar surface area (TPSA) is 58.9 Å². The molecule has 0 aliphatic heterocycles. The monoisotopic (exact) mass is 599 g/mol. The van der Waals surface area contributed by atoms with Gasteiger partial charge in [-0.15, -0.1) is 4.98 Å². The molecule has 0 bridgehead atoms. The summed E-state index contributed by atoms with van der Waals surface area (Å²) in [5.41, 5.74) is 12.2. The van der Waals surface area contributed by atoms with Crippen LogP contribution in [0.5, 0.6) is 0 Å². The first-order chi connectivity index (χ1) is 23.2. The average Bonchev–Trinajstić information content (AvgIpc) is 3.48. The van der Waals surface area contributed by atoms with Gasteiger partial charge in [0.15, 0.2) is 0 Å². The van der Waals surface area contributed by atoms with Gasteiger partial charge in [0.2, 0.25) is 0 Å². The zero-order valence-corrected chi connectivity index (χ0v) is 25.2. The van der Waals surface area contributed by atoms with Crippen molar-refractivity contribution in [2.75, 3.05) is 0 Å². The minimum absolute atomic E-state index is 0.387. The number of nitriles is 1. The lowest BCUT2D eigenvalue weighted by molar-refractivity contribution is 1.18. The van der Waals surface area contributed by atoms with Crippen molar-refractivity contribution in [1.29, 1.82) is 5.26 Å². The van der Waals surface area contributed by atoms with Gasteiger partial charge in [0.1, 0.15) is 18.0 Å². The van der Waals surface area contributed by atoms with Crippen molar-refractivity contribution in [2.45, 2.75) is 0 Å². The van der Waals surface area contributed by atoms with Crippen molar-refractivity contribution in [1.82, 2.24) is 14.5 Å². The third-order valence-corrected chi connectivity index (χ3v) is 8.57. The molecule has 0 unspecified atom stereocenters. The van der Waals surface area contributed by atoms with Gasteiger partial charge in [0.05, 0.1) is 11.0 Å². The van der Waals surface area contributed by atoms with E-state index in [-0.39, 0.29) is 0 Å². The predicted octanol–water partition coefficient (Wildman–Crippen LogP) is 10.7. The van der Waals surface area contributed by atoms with E-state index < -0.39 is 0 Å². The van der Waals surface area contributed by atoms with Crippen molar-refractivity contribution in [3.8, 4) is 56.3 Å². The van der Waals surface area contributed by atoms with E-state index in [1.165, 1.54) is 10.8 Å². The fourth-order valence-electron chi connectivity index (χ4n) is 6.32. The fraction of sp³-hybridized carbons (Fsp3) is 0. The Morgan fingerprint density at radius 2 is 1.02 bits per heavy atom. The smallest absolute Gasteiger partial charge is 0.270 e. The molecule has 0 fully saturated rings. The molecule has 5 heteroatoms. The minimum atomic E-state index is 0.387. The van der Waals surface area contributed by atoms with Crippen LogP contribution in [0.4, 0.5) is 5.82 Å². The molecule has 0 spiro atoms. The highest BCUT2D eigenvalue weighted by atomic mass is 15.0. The Morgan fingerprint density at radius 1 is 0.511 bits per heavy atom. The highest BCUT2D eigenvalue weighted by Crippen LogP contribution is 2.38. The van der Waals surface area contributed by atoms with Crippen LogP contribution in [0.1, 0.15) is 5.69 Å². The van der Waals surface area contributed by atoms with Crippen LogP contribution in [0.3, 0.4) is 0 Å². The number of benzene rings is 5. The minimum Gasteiger partial charge on any atom is -0.361 e. The Bertz CT molecular complexity index is 2390. The molecule has 0 saturated carbocycles. The first kappa shape index (κ1) is 27.7. The second kappa shape index (κ2) is 11.6. The first-order valence-corrected chi connectivity index (χ1v) is 15.2. The van der Waals surface area contributed by atoms with Gasteiger partial charge in [0, 0.05) is 22.7 Å². The van der Waals surface area contributed by atoms with E-state index in [1.807, 2.05) is 30.3 Å². The summed E-state index contributed by atoms with van der Waals surface area (Å²) in [5, 5.41) is 11.7. The number of pyridine rings is 2. The van der Waals surface area contributed by atoms with Crippen LogP contribution in [-0.4, -0.2) is 14.5 Å². The maximum absolute atomic E-state index is 9.36. The maximum Gasteiger partial charge on any atom is 0.270 e. The molecule has 8 aromatic rings. The van der Waals surface area contributed by atoms with E-state index >= 15 is 0 Å². The molecular formula is C42H25N5. The lowest BCUT2D eigenvalue weighted by atomic mass is 9.97. The van der Waals surface area contributed by atoms with Gasteiger partial charge in [-0.05, 0) is 105 Å². The molecule has 8 rings (SSSR count). The molecule has 3 heterocycles. The Hall–Kier alpha value is -6.82. The fourth-order valence-corrected chi connectivity index (χ4v) is 6.32. The summed E-state index contributed by atoms with van der Waals surface area (Å²) >= 11 is 0. The molecule has 0 amide bonds. The number of hydrogen-bond donors (Lipinski definition) is 0. The van der Waals surface area contributed by atoms with Gasteiger partial charge in [-0.3, -0.25) is 0 Å². The number of nitrogens with zero attached hydrogens (tertiary/aromatic N) is 5. The Labute approximate surface area is 272 Å². The normalized spacial score (nSPS) is 10.9. The molecule has 5 aromatic carbocycles. The summed E-state index contributed by atoms with van der Waals surface area (Å²) in [5.74, 6) is 0.387. The van der Waals surface area contributed by atoms with Crippen molar-refractivity contribution in [2.24, 2.45) is 0 Å². The highest BCUT2D eigenvalue weighted by Gasteiger charge is 2.15. The van der Waals surface area contributed by atoms with Crippen LogP contribution in [-0.2, 0) is 0 Å². The molecule has 0 atom stereocenters. The molecule has 0 radical (unpaired) electrons. The van der Waals surface area contributed by atoms with Gasteiger partial charge >= 0.3 is 0 Å². The predicted molar refractivity (Wildman–Crippen MR) is 189 cm³/mol. The van der Waals surface area contributed by atoms with E-state index in [4.69, 9.17) is 6.57 Å². The lowest BCUT2D eigenvalue weighted by Crippen LogP contribution is -1.94. The van der Waals surface area contributed by atoms with Gasteiger partial charge in [0.25, 0.3) is 5.82 Å². The second-order valence-electron chi connectivity index (χ2n) is 11.4. The molecule has 0 aliphatic rings. The SMILES string of the molecule is [C-]#[N+]c1cc(-c2cccc(-c3ccc4c5ccc(-c6cccc(-c7ccnc(C#N)c7)c6)cc5n(-c5ccccc5)c4c3)c2)ccn1. The summed E-state index contributed by atoms with van der Waals surface area (Å²) in [6, 6.07) is 50.4. The van der Waals surface area contributed by atoms with Crippen molar-refractivity contribution < 1.29 is 0 Å². The van der Waals surface area contributed by atoms with E-state index in [1.54, 1.807) is 12.4 Å². The van der Waals surface area contributed by atoms with Crippen LogP contribution < -0.4 is 0 Å². The number of aromatic nitrogens is 3. The van der Waals surface area contributed by atoms with Gasteiger partial charge in [-0.1, -0.05) is 85.4 Å². The Kier molecular flexibility index (Phi) is 6.84. The Morgan fingerprint density at radius 3 is 1.57 bits per heavy atom. The molecule has 0 N–H and O–H groups in total. The van der Waals surface area contributed by atoms with Gasteiger partial charge < -0.3 is 9.41 Å². The van der Waals surface area contributed by atoms with E-state index in [0.29, 0.717) is 11.5 Å². The molecular weight excluding hydrogens is 574 g/mol. The van der Waals surface area contributed by atoms with E-state index in [2.05, 4.69) is 135 Å². The molecule has 0 saturated heterocycles. The maximum atomic E-state index is 9.36. The summed E-state index contributed by atoms with van der Waals surface area (Å²) in [6.45, 7) is 7.36. The average molecular weight is 600 g/mol. The lowest BCUT2D eigenvalue weighted by Gasteiger charge is -2.11. The van der Waals surface area contributed by atoms with Crippen LogP contribution in [0.25, 0.3) is 76.8 Å². The summed E-state index contributed by atoms with van der Waals surface area (Å²) in [6.07, 6.45) is 3.37. The molecule has 3 aromatic heterocycles. The zero-order chi connectivity index (χ0) is 31.7. The Balaban J connectivity index is 1.28. The van der Waals surface area contributed by atoms with Gasteiger partial charge in [-0.25, -0.2) is 4.98 Å². The summed E-state index contributed by atoms with van der Waals surface area (Å²) in [4.78, 5) is 11.8. The van der Waals surface area contributed by atoms with Crippen LogP contribution in [0.15, 0.2) is 152 Å². The number of rotatable bonds is 5. The zero-order valence-electron chi connectivity index (χ0n) is 25.2. The first-order valence-electron chi connectivity index (χ1n) is 15.2. The largest absolute Gasteiger partial charge is 0.361 e. The molecule has 0 aliphatic carbocycles. The third-order valence-electron chi connectivity index (χ3n) is 8.57. The van der Waals surface area contributed by atoms with Crippen molar-refractivity contribution >= 4 is 27.6 Å². The van der Waals surface area contributed by atoms with Crippen LogP contribution >= 0.6 is 0 Å². The molecule has 5 nitrogen and oxygen atoms in total. The number of fused-ring (bicyclic) bond motifs is 3. The highest BCUT2D eigenvalue weighted by molar-refractivity contribution is 6.11. The van der Waals surface area contributed by atoms with Crippen molar-refractivity contribution in [3.63, 3.8) is 0 Å². The molecule has 218 valence electrons. The van der Waals surface area contributed by atoms with Crippen molar-refractivity contribution in [3.05, 3.63) is 169 Å². The molecule has 47 heavy (non-hydrogen) atoms. The quantitative estimate of drug-likeness (QED) is 0.185. The van der Waals surface area contributed by atoms with E-state index in [0.717, 1.165) is 61.2 Å². The van der Waals surface area contributed by atoms with Crippen LogP contribution in [0.2, 0.25) is 0 Å². The van der Waals surface area contributed by atoms with Crippen LogP contribution in [0, 0.1) is 17.9 Å². The standard InChI is InChI=1S/C42H25N5/c1-44-42-26-35(18-20-46-42)31-10-6-8-29(22-31)33-14-16-39-38-15-13-32(24-40(38)47(41(39)25-33)37-11-3-2-4-12-37)28-7-5-9-30(21-28)34-17-19-45-36(23-34)27-43/h2-26H. The summed E-state index contributed by atoms with van der Waals surface area (Å²) < 4.78 is 2.35. The number of hydrogen-bond acceptors (Lipinski definition) is 3.